The molecule has 1 aliphatic heterocycles. The molecule has 0 aromatic carbocycles. The average Bonchev–Trinajstić information content (AvgIpc) is 3.06. The number of rotatable bonds is 3. The van der Waals surface area contributed by atoms with Crippen LogP contribution in [0, 0.1) is 0 Å². The van der Waals surface area contributed by atoms with Crippen molar-refractivity contribution in [2.75, 3.05) is 6.54 Å². The van der Waals surface area contributed by atoms with Crippen molar-refractivity contribution in [2.24, 2.45) is 5.73 Å². The Balaban J connectivity index is 1.89. The summed E-state index contributed by atoms with van der Waals surface area (Å²) in [7, 11) is -3.37. The van der Waals surface area contributed by atoms with Crippen molar-refractivity contribution in [1.29, 1.82) is 0 Å². The molecule has 3 rings (SSSR count). The normalized spacial score (nSPS) is 16.5. The van der Waals surface area contributed by atoms with Gasteiger partial charge in [0.2, 0.25) is 0 Å². The molecule has 0 saturated carbocycles. The minimum atomic E-state index is -3.37. The van der Waals surface area contributed by atoms with Crippen molar-refractivity contribution >= 4 is 32.7 Å². The van der Waals surface area contributed by atoms with E-state index in [2.05, 4.69) is 0 Å². The van der Waals surface area contributed by atoms with Crippen LogP contribution in [0.1, 0.15) is 16.0 Å². The highest BCUT2D eigenvalue weighted by Crippen LogP contribution is 2.30. The molecule has 102 valence electrons. The molecule has 0 spiro atoms. The molecule has 19 heavy (non-hydrogen) atoms. The van der Waals surface area contributed by atoms with Crippen LogP contribution >= 0.6 is 22.7 Å². The summed E-state index contributed by atoms with van der Waals surface area (Å²) in [6, 6.07) is 3.70. The highest BCUT2D eigenvalue weighted by atomic mass is 32.2. The Bertz CT molecular complexity index is 687. The van der Waals surface area contributed by atoms with Gasteiger partial charge in [0.15, 0.2) is 0 Å². The Hall–Kier alpha value is -0.730. The summed E-state index contributed by atoms with van der Waals surface area (Å²) < 4.78 is 27.1. The number of hydrogen-bond donors (Lipinski definition) is 1. The van der Waals surface area contributed by atoms with Crippen LogP contribution in [0.25, 0.3) is 0 Å². The highest BCUT2D eigenvalue weighted by Gasteiger charge is 2.29. The molecule has 4 nitrogen and oxygen atoms in total. The van der Waals surface area contributed by atoms with Crippen LogP contribution in [0.2, 0.25) is 0 Å². The van der Waals surface area contributed by atoms with Gasteiger partial charge in [0.05, 0.1) is 0 Å². The molecular weight excluding hydrogens is 300 g/mol. The summed E-state index contributed by atoms with van der Waals surface area (Å²) in [5, 5.41) is 3.84. The topological polar surface area (TPSA) is 63.4 Å². The lowest BCUT2D eigenvalue weighted by Gasteiger charge is -2.25. The van der Waals surface area contributed by atoms with Crippen LogP contribution in [0.4, 0.5) is 0 Å². The van der Waals surface area contributed by atoms with E-state index in [1.807, 2.05) is 16.8 Å². The number of thiophene rings is 2. The van der Waals surface area contributed by atoms with Gasteiger partial charge in [-0.15, -0.1) is 22.7 Å². The van der Waals surface area contributed by atoms with Gasteiger partial charge in [-0.05, 0) is 40.4 Å². The minimum Gasteiger partial charge on any atom is -0.326 e. The van der Waals surface area contributed by atoms with E-state index in [0.29, 0.717) is 23.8 Å². The molecular formula is C12H14N2O2S3. The van der Waals surface area contributed by atoms with Crippen LogP contribution in [0.15, 0.2) is 27.1 Å². The van der Waals surface area contributed by atoms with Gasteiger partial charge in [-0.25, -0.2) is 8.42 Å². The van der Waals surface area contributed by atoms with Gasteiger partial charge in [-0.3, -0.25) is 0 Å². The maximum absolute atomic E-state index is 12.5. The Morgan fingerprint density at radius 3 is 2.95 bits per heavy atom. The standard InChI is InChI=1S/C12H14N2O2S3/c13-6-9-5-12(18-8-9)19(15,16)14-3-1-11-10(7-14)2-4-17-11/h2,4-5,8H,1,3,6-7,13H2. The maximum atomic E-state index is 12.5. The first kappa shape index (κ1) is 13.3. The van der Waals surface area contributed by atoms with Gasteiger partial charge in [0.1, 0.15) is 4.21 Å². The predicted octanol–water partition coefficient (Wildman–Crippen LogP) is 2.02. The third kappa shape index (κ3) is 2.36. The first-order valence-electron chi connectivity index (χ1n) is 5.94. The summed E-state index contributed by atoms with van der Waals surface area (Å²) in [6.07, 6.45) is 0.807. The van der Waals surface area contributed by atoms with E-state index >= 15 is 0 Å². The first-order chi connectivity index (χ1) is 9.11. The van der Waals surface area contributed by atoms with Gasteiger partial charge in [-0.1, -0.05) is 0 Å². The second-order valence-electron chi connectivity index (χ2n) is 4.44. The average molecular weight is 314 g/mol. The molecule has 0 saturated heterocycles. The van der Waals surface area contributed by atoms with Crippen LogP contribution in [0.3, 0.4) is 0 Å². The van der Waals surface area contributed by atoms with E-state index in [0.717, 1.165) is 17.5 Å². The van der Waals surface area contributed by atoms with E-state index in [1.54, 1.807) is 21.7 Å². The van der Waals surface area contributed by atoms with Crippen LogP contribution in [-0.2, 0) is 29.5 Å². The number of hydrogen-bond acceptors (Lipinski definition) is 5. The van der Waals surface area contributed by atoms with Crippen LogP contribution < -0.4 is 5.73 Å². The van der Waals surface area contributed by atoms with Gasteiger partial charge < -0.3 is 5.73 Å². The lowest BCUT2D eigenvalue weighted by molar-refractivity contribution is 0.395. The van der Waals surface area contributed by atoms with Crippen molar-refractivity contribution < 1.29 is 8.42 Å². The van der Waals surface area contributed by atoms with Crippen LogP contribution in [0.5, 0.6) is 0 Å². The lowest BCUT2D eigenvalue weighted by Crippen LogP contribution is -2.34. The first-order valence-corrected chi connectivity index (χ1v) is 9.14. The van der Waals surface area contributed by atoms with Crippen molar-refractivity contribution in [3.8, 4) is 0 Å². The number of fused-ring (bicyclic) bond motifs is 1. The summed E-state index contributed by atoms with van der Waals surface area (Å²) >= 11 is 2.96. The minimum absolute atomic E-state index is 0.376. The molecule has 3 heterocycles. The molecule has 2 aromatic heterocycles. The van der Waals surface area contributed by atoms with E-state index < -0.39 is 10.0 Å². The maximum Gasteiger partial charge on any atom is 0.252 e. The predicted molar refractivity (Wildman–Crippen MR) is 77.8 cm³/mol. The van der Waals surface area contributed by atoms with E-state index in [4.69, 9.17) is 5.73 Å². The van der Waals surface area contributed by atoms with Gasteiger partial charge in [0.25, 0.3) is 10.0 Å². The van der Waals surface area contributed by atoms with Crippen molar-refractivity contribution in [3.05, 3.63) is 38.9 Å². The van der Waals surface area contributed by atoms with E-state index in [1.165, 1.54) is 16.2 Å². The lowest BCUT2D eigenvalue weighted by atomic mass is 10.1. The number of nitrogens with two attached hydrogens (primary N) is 1. The third-order valence-corrected chi connectivity index (χ3v) is 7.56. The number of sulfonamides is 1. The van der Waals surface area contributed by atoms with Crippen LogP contribution in [-0.4, -0.2) is 19.3 Å². The Morgan fingerprint density at radius 1 is 1.37 bits per heavy atom. The van der Waals surface area contributed by atoms with E-state index in [9.17, 15) is 8.42 Å². The Morgan fingerprint density at radius 2 is 2.21 bits per heavy atom. The van der Waals surface area contributed by atoms with Crippen molar-refractivity contribution in [1.82, 2.24) is 4.31 Å². The molecule has 2 N–H and O–H groups in total. The fourth-order valence-corrected chi connectivity index (χ4v) is 5.83. The fourth-order valence-electron chi connectivity index (χ4n) is 2.15. The van der Waals surface area contributed by atoms with Gasteiger partial charge in [0, 0.05) is 24.5 Å². The third-order valence-electron chi connectivity index (χ3n) is 3.23. The fraction of sp³-hybridized carbons (Fsp3) is 0.333. The molecule has 1 aliphatic rings. The smallest absolute Gasteiger partial charge is 0.252 e. The van der Waals surface area contributed by atoms with Crippen molar-refractivity contribution in [3.63, 3.8) is 0 Å². The molecule has 2 aromatic rings. The molecule has 7 heteroatoms. The zero-order valence-electron chi connectivity index (χ0n) is 10.2. The molecule has 0 unspecified atom stereocenters. The van der Waals surface area contributed by atoms with Gasteiger partial charge >= 0.3 is 0 Å². The molecule has 0 radical (unpaired) electrons. The van der Waals surface area contributed by atoms with Crippen molar-refractivity contribution in [2.45, 2.75) is 23.7 Å². The highest BCUT2D eigenvalue weighted by molar-refractivity contribution is 7.91. The Labute approximate surface area is 120 Å². The summed E-state index contributed by atoms with van der Waals surface area (Å²) in [4.78, 5) is 1.31. The SMILES string of the molecule is NCc1csc(S(=O)(=O)N2CCc3sccc3C2)c1. The second kappa shape index (κ2) is 4.99. The van der Waals surface area contributed by atoms with E-state index in [-0.39, 0.29) is 0 Å². The monoisotopic (exact) mass is 314 g/mol. The zero-order valence-corrected chi connectivity index (χ0v) is 12.7. The number of nitrogens with zero attached hydrogens (tertiary/aromatic N) is 1. The molecule has 0 atom stereocenters. The Kier molecular flexibility index (Phi) is 3.48. The second-order valence-corrected chi connectivity index (χ2v) is 8.51. The largest absolute Gasteiger partial charge is 0.326 e. The summed E-state index contributed by atoms with van der Waals surface area (Å²) in [6.45, 7) is 1.42. The molecule has 0 amide bonds. The molecule has 0 aliphatic carbocycles. The van der Waals surface area contributed by atoms with Gasteiger partial charge in [-0.2, -0.15) is 4.31 Å². The molecule has 0 bridgehead atoms. The summed E-state index contributed by atoms with van der Waals surface area (Å²) in [5.41, 5.74) is 7.54. The summed E-state index contributed by atoms with van der Waals surface area (Å²) in [5.74, 6) is 0. The quantitative estimate of drug-likeness (QED) is 0.942. The molecule has 0 fully saturated rings. The zero-order chi connectivity index (χ0) is 13.5.